The van der Waals surface area contributed by atoms with Crippen LogP contribution in [-0.4, -0.2) is 27.9 Å². The molecule has 18 heavy (non-hydrogen) atoms. The Kier molecular flexibility index (Phi) is 3.98. The lowest BCUT2D eigenvalue weighted by atomic mass is 10.2. The summed E-state index contributed by atoms with van der Waals surface area (Å²) in [7, 11) is 0. The van der Waals surface area contributed by atoms with Crippen LogP contribution in [0.15, 0.2) is 24.3 Å². The summed E-state index contributed by atoms with van der Waals surface area (Å²) in [5, 5.41) is 19.5. The van der Waals surface area contributed by atoms with Crippen LogP contribution in [-0.2, 0) is 9.59 Å². The van der Waals surface area contributed by atoms with Crippen LogP contribution in [0.5, 0.6) is 0 Å². The molecule has 1 N–H and O–H groups in total. The maximum Gasteiger partial charge on any atom is 0.326 e. The number of nitro benzene ring substituents is 1. The van der Waals surface area contributed by atoms with Crippen molar-refractivity contribution in [2.24, 2.45) is 0 Å². The van der Waals surface area contributed by atoms with Gasteiger partial charge in [0.25, 0.3) is 5.69 Å². The largest absolute Gasteiger partial charge is 0.480 e. The van der Waals surface area contributed by atoms with E-state index < -0.39 is 22.8 Å². The third-order valence-corrected chi connectivity index (χ3v) is 2.40. The first kappa shape index (κ1) is 13.6. The second-order valence-corrected chi connectivity index (χ2v) is 3.68. The van der Waals surface area contributed by atoms with E-state index in [2.05, 4.69) is 0 Å². The van der Waals surface area contributed by atoms with Gasteiger partial charge in [-0.05, 0) is 13.0 Å². The maximum absolute atomic E-state index is 11.5. The predicted octanol–water partition coefficient (Wildman–Crippen LogP) is 1.42. The van der Waals surface area contributed by atoms with Crippen LogP contribution < -0.4 is 4.90 Å². The molecule has 7 heteroatoms. The van der Waals surface area contributed by atoms with Crippen LogP contribution in [0.1, 0.15) is 13.8 Å². The first-order chi connectivity index (χ1) is 8.34. The molecule has 1 aromatic rings. The second-order valence-electron chi connectivity index (χ2n) is 3.68. The van der Waals surface area contributed by atoms with Gasteiger partial charge >= 0.3 is 5.97 Å². The van der Waals surface area contributed by atoms with Gasteiger partial charge in [0.1, 0.15) is 6.04 Å². The van der Waals surface area contributed by atoms with Gasteiger partial charge in [0.05, 0.1) is 10.6 Å². The van der Waals surface area contributed by atoms with Gasteiger partial charge in [-0.3, -0.25) is 19.8 Å². The van der Waals surface area contributed by atoms with E-state index in [1.165, 1.54) is 38.1 Å². The number of non-ortho nitro benzene ring substituents is 1. The number of carboxylic acids is 1. The quantitative estimate of drug-likeness (QED) is 0.645. The highest BCUT2D eigenvalue weighted by atomic mass is 16.6. The summed E-state index contributed by atoms with van der Waals surface area (Å²) >= 11 is 0. The van der Waals surface area contributed by atoms with Crippen LogP contribution in [0.4, 0.5) is 11.4 Å². The first-order valence-electron chi connectivity index (χ1n) is 5.11. The van der Waals surface area contributed by atoms with Gasteiger partial charge in [0, 0.05) is 19.1 Å². The van der Waals surface area contributed by atoms with Gasteiger partial charge in [-0.2, -0.15) is 0 Å². The standard InChI is InChI=1S/C11H12N2O5/c1-7(11(15)16)12(8(2)14)9-4-3-5-10(6-9)13(17)18/h3-7H,1-2H3,(H,15,16)/t7-/m1/s1. The van der Waals surface area contributed by atoms with Crippen LogP contribution in [0.25, 0.3) is 0 Å². The molecule has 0 saturated heterocycles. The van der Waals surface area contributed by atoms with Crippen LogP contribution in [0, 0.1) is 10.1 Å². The molecule has 1 amide bonds. The molecule has 0 radical (unpaired) electrons. The number of carboxylic acid groups (broad SMARTS) is 1. The normalized spacial score (nSPS) is 11.7. The van der Waals surface area contributed by atoms with Crippen molar-refractivity contribution < 1.29 is 19.6 Å². The summed E-state index contributed by atoms with van der Waals surface area (Å²) in [6.07, 6.45) is 0. The van der Waals surface area contributed by atoms with Gasteiger partial charge < -0.3 is 5.11 Å². The van der Waals surface area contributed by atoms with E-state index in [9.17, 15) is 19.7 Å². The van der Waals surface area contributed by atoms with Crippen LogP contribution in [0.3, 0.4) is 0 Å². The zero-order chi connectivity index (χ0) is 13.9. The molecular weight excluding hydrogens is 240 g/mol. The number of benzene rings is 1. The van der Waals surface area contributed by atoms with E-state index >= 15 is 0 Å². The molecule has 0 heterocycles. The number of carbonyl (C=O) groups excluding carboxylic acids is 1. The van der Waals surface area contributed by atoms with Crippen molar-refractivity contribution in [3.05, 3.63) is 34.4 Å². The Bertz CT molecular complexity index is 500. The number of hydrogen-bond donors (Lipinski definition) is 1. The molecule has 0 spiro atoms. The van der Waals surface area contributed by atoms with Crippen molar-refractivity contribution in [1.29, 1.82) is 0 Å². The van der Waals surface area contributed by atoms with Crippen molar-refractivity contribution in [2.45, 2.75) is 19.9 Å². The van der Waals surface area contributed by atoms with Gasteiger partial charge in [-0.25, -0.2) is 4.79 Å². The molecule has 0 aromatic heterocycles. The molecule has 0 bridgehead atoms. The lowest BCUT2D eigenvalue weighted by Crippen LogP contribution is -2.42. The zero-order valence-corrected chi connectivity index (χ0v) is 9.86. The molecule has 7 nitrogen and oxygen atoms in total. The topological polar surface area (TPSA) is 101 Å². The number of hydrogen-bond acceptors (Lipinski definition) is 4. The van der Waals surface area contributed by atoms with Crippen LogP contribution in [0.2, 0.25) is 0 Å². The maximum atomic E-state index is 11.5. The van der Waals surface area contributed by atoms with Gasteiger partial charge in [-0.1, -0.05) is 6.07 Å². The molecule has 1 rings (SSSR count). The summed E-state index contributed by atoms with van der Waals surface area (Å²) in [6, 6.07) is 4.20. The minimum atomic E-state index is -1.18. The molecule has 0 saturated carbocycles. The highest BCUT2D eigenvalue weighted by Gasteiger charge is 2.25. The molecule has 0 fully saturated rings. The highest BCUT2D eigenvalue weighted by molar-refractivity contribution is 5.97. The Morgan fingerprint density at radius 3 is 2.50 bits per heavy atom. The summed E-state index contributed by atoms with van der Waals surface area (Å²) in [5.41, 5.74) is -0.0112. The van der Waals surface area contributed by atoms with E-state index in [0.717, 1.165) is 4.90 Å². The van der Waals surface area contributed by atoms with E-state index in [1.54, 1.807) is 0 Å². The molecule has 0 unspecified atom stereocenters. The average Bonchev–Trinajstić information content (AvgIpc) is 2.28. The lowest BCUT2D eigenvalue weighted by molar-refractivity contribution is -0.384. The Morgan fingerprint density at radius 2 is 2.06 bits per heavy atom. The van der Waals surface area contributed by atoms with Gasteiger partial charge in [-0.15, -0.1) is 0 Å². The van der Waals surface area contributed by atoms with Crippen LogP contribution >= 0.6 is 0 Å². The van der Waals surface area contributed by atoms with Crippen molar-refractivity contribution in [3.63, 3.8) is 0 Å². The van der Waals surface area contributed by atoms with Crippen molar-refractivity contribution >= 4 is 23.3 Å². The van der Waals surface area contributed by atoms with E-state index in [1.807, 2.05) is 0 Å². The molecule has 0 aliphatic carbocycles. The van der Waals surface area contributed by atoms with Crippen molar-refractivity contribution in [2.75, 3.05) is 4.90 Å². The number of aliphatic carboxylic acids is 1. The molecule has 96 valence electrons. The fourth-order valence-electron chi connectivity index (χ4n) is 1.54. The third-order valence-electron chi connectivity index (χ3n) is 2.40. The zero-order valence-electron chi connectivity index (χ0n) is 9.86. The van der Waals surface area contributed by atoms with Gasteiger partial charge in [0.15, 0.2) is 0 Å². The Hall–Kier alpha value is -2.44. The monoisotopic (exact) mass is 252 g/mol. The number of carbonyl (C=O) groups is 2. The smallest absolute Gasteiger partial charge is 0.326 e. The molecule has 1 atom stereocenters. The number of nitro groups is 1. The number of rotatable bonds is 4. The summed E-state index contributed by atoms with van der Waals surface area (Å²) in [5.74, 6) is -1.68. The minimum absolute atomic E-state index is 0.187. The Morgan fingerprint density at radius 1 is 1.44 bits per heavy atom. The summed E-state index contributed by atoms with van der Waals surface area (Å²) in [4.78, 5) is 33.4. The van der Waals surface area contributed by atoms with E-state index in [-0.39, 0.29) is 11.4 Å². The molecule has 0 aliphatic heterocycles. The second kappa shape index (κ2) is 5.26. The van der Waals surface area contributed by atoms with Crippen molar-refractivity contribution in [1.82, 2.24) is 0 Å². The van der Waals surface area contributed by atoms with E-state index in [0.29, 0.717) is 0 Å². The Balaban J connectivity index is 3.22. The minimum Gasteiger partial charge on any atom is -0.480 e. The summed E-state index contributed by atoms with van der Waals surface area (Å²) in [6.45, 7) is 2.54. The number of amides is 1. The SMILES string of the molecule is CC(=O)N(c1cccc([N+](=O)[O-])c1)[C@H](C)C(=O)O. The number of anilines is 1. The first-order valence-corrected chi connectivity index (χ1v) is 5.11. The Labute approximate surface area is 103 Å². The van der Waals surface area contributed by atoms with E-state index in [4.69, 9.17) is 5.11 Å². The lowest BCUT2D eigenvalue weighted by Gasteiger charge is -2.24. The highest BCUT2D eigenvalue weighted by Crippen LogP contribution is 2.23. The predicted molar refractivity (Wildman–Crippen MR) is 63.4 cm³/mol. The number of nitrogens with zero attached hydrogens (tertiary/aromatic N) is 2. The fourth-order valence-corrected chi connectivity index (χ4v) is 1.54. The summed E-state index contributed by atoms with van der Waals surface area (Å²) < 4.78 is 0. The molecular formula is C11H12N2O5. The third kappa shape index (κ3) is 2.82. The van der Waals surface area contributed by atoms with Crippen molar-refractivity contribution in [3.8, 4) is 0 Å². The molecule has 1 aromatic carbocycles. The average molecular weight is 252 g/mol. The fraction of sp³-hybridized carbons (Fsp3) is 0.273. The van der Waals surface area contributed by atoms with Gasteiger partial charge in [0.2, 0.25) is 5.91 Å². The molecule has 0 aliphatic rings.